The molecule has 4 heterocycles. The number of aromatic nitrogens is 1. The summed E-state index contributed by atoms with van der Waals surface area (Å²) in [6, 6.07) is 20.1. The number of halogens is 4. The minimum absolute atomic E-state index is 0.0603. The van der Waals surface area contributed by atoms with Crippen molar-refractivity contribution in [3.05, 3.63) is 123 Å². The van der Waals surface area contributed by atoms with E-state index in [-0.39, 0.29) is 52.1 Å². The Labute approximate surface area is 322 Å². The van der Waals surface area contributed by atoms with E-state index < -0.39 is 24.7 Å². The van der Waals surface area contributed by atoms with Gasteiger partial charge in [0.1, 0.15) is 18.2 Å². The van der Waals surface area contributed by atoms with Crippen molar-refractivity contribution >= 4 is 35.1 Å². The number of esters is 2. The van der Waals surface area contributed by atoms with Crippen molar-refractivity contribution < 1.29 is 37.3 Å². The summed E-state index contributed by atoms with van der Waals surface area (Å²) >= 11 is 13.0. The third-order valence-corrected chi connectivity index (χ3v) is 10.9. The van der Waals surface area contributed by atoms with E-state index in [9.17, 15) is 18.4 Å². The van der Waals surface area contributed by atoms with Crippen molar-refractivity contribution in [2.24, 2.45) is 11.8 Å². The van der Waals surface area contributed by atoms with Crippen LogP contribution in [-0.4, -0.2) is 60.8 Å². The molecule has 1 aliphatic carbocycles. The van der Waals surface area contributed by atoms with Gasteiger partial charge in [-0.1, -0.05) is 71.7 Å². The molecule has 54 heavy (non-hydrogen) atoms. The van der Waals surface area contributed by atoms with Crippen LogP contribution in [0.2, 0.25) is 10.0 Å². The summed E-state index contributed by atoms with van der Waals surface area (Å²) in [5, 5.41) is 3.91. The fourth-order valence-corrected chi connectivity index (χ4v) is 7.56. The van der Waals surface area contributed by atoms with Crippen LogP contribution in [0.15, 0.2) is 85.2 Å². The minimum atomic E-state index is -3.05. The lowest BCUT2D eigenvalue weighted by atomic mass is 9.86. The molecule has 8 rings (SSSR count). The van der Waals surface area contributed by atoms with E-state index in [4.69, 9.17) is 42.1 Å². The Balaban J connectivity index is 1.09. The zero-order valence-electron chi connectivity index (χ0n) is 29.5. The number of fused-ring (bicyclic) bond motifs is 3. The molecule has 0 spiro atoms. The second-order valence-electron chi connectivity index (χ2n) is 14.1. The van der Waals surface area contributed by atoms with Gasteiger partial charge in [-0.15, -0.1) is 0 Å². The number of ether oxygens (including phenoxy) is 4. The molecule has 3 atom stereocenters. The summed E-state index contributed by atoms with van der Waals surface area (Å²) in [5.74, 6) is -0.271. The molecule has 1 saturated carbocycles. The average Bonchev–Trinajstić information content (AvgIpc) is 4.01. The number of benzene rings is 3. The topological polar surface area (TPSA) is 99.2 Å². The second kappa shape index (κ2) is 17.5. The maximum atomic E-state index is 13.9. The highest BCUT2D eigenvalue weighted by atomic mass is 35.5. The first-order valence-electron chi connectivity index (χ1n) is 18.2. The van der Waals surface area contributed by atoms with Crippen molar-refractivity contribution in [3.8, 4) is 11.5 Å². The number of carbonyl (C=O) groups is 2. The van der Waals surface area contributed by atoms with Crippen LogP contribution in [0.3, 0.4) is 0 Å². The highest BCUT2D eigenvalue weighted by molar-refractivity contribution is 6.35. The number of nitrogens with zero attached hydrogens (tertiary/aromatic N) is 2. The molecule has 0 amide bonds. The Morgan fingerprint density at radius 3 is 2.33 bits per heavy atom. The number of rotatable bonds is 16. The standard InChI is InChI=1S/C41H41Cl2F2N3O6/c42-32-21-46-22-33(43)31(32)19-35(29-11-12-34(54-41(44)45)36(18-29)51-24-25-9-10-25)52-39(49)30-8-4-5-26(17-30)20-47-38(28-6-2-1-3-7-28)40(50)53-37-23-48-15-13-27(37)14-16-48/h1-8,11-12,17-18,21-22,25,27,35,37-38,41,47H,9-10,13-16,19-20,23-24H2/t35-,37-,38?/m0/s1. The summed E-state index contributed by atoms with van der Waals surface area (Å²) in [7, 11) is 0. The van der Waals surface area contributed by atoms with E-state index >= 15 is 0 Å². The predicted octanol–water partition coefficient (Wildman–Crippen LogP) is 8.39. The monoisotopic (exact) mass is 779 g/mol. The van der Waals surface area contributed by atoms with Crippen molar-refractivity contribution in [1.29, 1.82) is 0 Å². The highest BCUT2D eigenvalue weighted by Crippen LogP contribution is 2.38. The van der Waals surface area contributed by atoms with Gasteiger partial charge in [-0.05, 0) is 97.1 Å². The van der Waals surface area contributed by atoms with Gasteiger partial charge >= 0.3 is 18.6 Å². The van der Waals surface area contributed by atoms with Gasteiger partial charge < -0.3 is 18.9 Å². The maximum absolute atomic E-state index is 13.9. The van der Waals surface area contributed by atoms with Crippen LogP contribution in [0.1, 0.15) is 70.4 Å². The fourth-order valence-electron chi connectivity index (χ4n) is 7.04. The average molecular weight is 781 g/mol. The molecule has 1 aromatic heterocycles. The summed E-state index contributed by atoms with van der Waals surface area (Å²) in [6.07, 6.45) is 5.90. The molecule has 1 N–H and O–H groups in total. The Kier molecular flexibility index (Phi) is 12.3. The van der Waals surface area contributed by atoms with Crippen molar-refractivity contribution in [3.63, 3.8) is 0 Å². The first-order chi connectivity index (χ1) is 26.2. The molecular weight excluding hydrogens is 739 g/mol. The molecule has 2 bridgehead atoms. The van der Waals surface area contributed by atoms with Crippen LogP contribution in [-0.2, 0) is 27.2 Å². The molecule has 4 fully saturated rings. The lowest BCUT2D eigenvalue weighted by molar-refractivity contribution is -0.161. The maximum Gasteiger partial charge on any atom is 0.387 e. The van der Waals surface area contributed by atoms with Crippen LogP contribution in [0.5, 0.6) is 11.5 Å². The Bertz CT molecular complexity index is 1910. The van der Waals surface area contributed by atoms with Crippen LogP contribution in [0.25, 0.3) is 0 Å². The molecular formula is C41H41Cl2F2N3O6. The third kappa shape index (κ3) is 9.68. The molecule has 9 nitrogen and oxygen atoms in total. The number of nitrogens with one attached hydrogen (secondary N) is 1. The van der Waals surface area contributed by atoms with Crippen LogP contribution in [0.4, 0.5) is 8.78 Å². The van der Waals surface area contributed by atoms with Gasteiger partial charge in [0.25, 0.3) is 0 Å². The van der Waals surface area contributed by atoms with Crippen molar-refractivity contribution in [2.45, 2.75) is 63.5 Å². The fraction of sp³-hybridized carbons (Fsp3) is 0.390. The van der Waals surface area contributed by atoms with E-state index in [0.29, 0.717) is 29.6 Å². The lowest BCUT2D eigenvalue weighted by Crippen LogP contribution is -2.52. The molecule has 3 aromatic carbocycles. The lowest BCUT2D eigenvalue weighted by Gasteiger charge is -2.44. The van der Waals surface area contributed by atoms with E-state index in [0.717, 1.165) is 56.4 Å². The molecule has 3 aliphatic heterocycles. The van der Waals surface area contributed by atoms with Crippen LogP contribution < -0.4 is 14.8 Å². The number of piperidine rings is 3. The Morgan fingerprint density at radius 2 is 1.65 bits per heavy atom. The number of carbonyl (C=O) groups excluding carboxylic acids is 2. The number of hydrogen-bond acceptors (Lipinski definition) is 9. The summed E-state index contributed by atoms with van der Waals surface area (Å²) < 4.78 is 49.4. The molecule has 284 valence electrons. The van der Waals surface area contributed by atoms with Gasteiger partial charge in [-0.2, -0.15) is 8.78 Å². The number of alkyl halides is 2. The van der Waals surface area contributed by atoms with E-state index in [1.165, 1.54) is 18.5 Å². The molecule has 13 heteroatoms. The zero-order valence-corrected chi connectivity index (χ0v) is 31.0. The van der Waals surface area contributed by atoms with E-state index in [1.54, 1.807) is 30.3 Å². The van der Waals surface area contributed by atoms with Crippen LogP contribution >= 0.6 is 23.2 Å². The summed E-state index contributed by atoms with van der Waals surface area (Å²) in [6.45, 7) is 0.395. The molecule has 3 saturated heterocycles. The van der Waals surface area contributed by atoms with E-state index in [1.807, 2.05) is 36.4 Å². The molecule has 4 aliphatic rings. The smallest absolute Gasteiger partial charge is 0.387 e. The summed E-state index contributed by atoms with van der Waals surface area (Å²) in [5.41, 5.74) is 2.74. The number of pyridine rings is 1. The highest BCUT2D eigenvalue weighted by Gasteiger charge is 2.38. The largest absolute Gasteiger partial charge is 0.489 e. The van der Waals surface area contributed by atoms with Gasteiger partial charge in [0.05, 0.1) is 22.2 Å². The summed E-state index contributed by atoms with van der Waals surface area (Å²) in [4.78, 5) is 33.9. The normalized spacial score (nSPS) is 20.3. The van der Waals surface area contributed by atoms with Crippen molar-refractivity contribution in [2.75, 3.05) is 26.2 Å². The van der Waals surface area contributed by atoms with Gasteiger partial charge in [-0.25, -0.2) is 9.59 Å². The van der Waals surface area contributed by atoms with Crippen molar-refractivity contribution in [1.82, 2.24) is 15.2 Å². The van der Waals surface area contributed by atoms with Gasteiger partial charge in [0, 0.05) is 31.9 Å². The first-order valence-corrected chi connectivity index (χ1v) is 19.0. The van der Waals surface area contributed by atoms with Crippen LogP contribution in [0, 0.1) is 11.8 Å². The Hall–Kier alpha value is -4.29. The quantitative estimate of drug-likeness (QED) is 0.113. The SMILES string of the molecule is O=C(O[C@@H](Cc1c(Cl)cncc1Cl)c1ccc(OC(F)F)c(OCC2CC2)c1)c1cccc(CNC(C(=O)O[C@H]2CN3CCC2CC3)c2ccccc2)c1. The molecule has 4 aromatic rings. The first kappa shape index (κ1) is 38.0. The van der Waals surface area contributed by atoms with E-state index in [2.05, 4.69) is 15.2 Å². The van der Waals surface area contributed by atoms with Gasteiger partial charge in [0.15, 0.2) is 11.5 Å². The Morgan fingerprint density at radius 1 is 0.889 bits per heavy atom. The van der Waals surface area contributed by atoms with Gasteiger partial charge in [-0.3, -0.25) is 15.2 Å². The van der Waals surface area contributed by atoms with Gasteiger partial charge in [0.2, 0.25) is 0 Å². The predicted molar refractivity (Wildman–Crippen MR) is 199 cm³/mol. The second-order valence-corrected chi connectivity index (χ2v) is 14.9. The zero-order chi connectivity index (χ0) is 37.6. The minimum Gasteiger partial charge on any atom is -0.489 e. The molecule has 0 radical (unpaired) electrons. The number of hydrogen-bond donors (Lipinski definition) is 1. The molecule has 1 unspecified atom stereocenters. The third-order valence-electron chi connectivity index (χ3n) is 10.2.